The van der Waals surface area contributed by atoms with Crippen LogP contribution in [0.25, 0.3) is 0 Å². The van der Waals surface area contributed by atoms with Gasteiger partial charge in [-0.2, -0.15) is 4.98 Å². The Kier molecular flexibility index (Phi) is 4.45. The lowest BCUT2D eigenvalue weighted by atomic mass is 10.0. The molecular formula is C16H24N4O2. The van der Waals surface area contributed by atoms with Crippen LogP contribution in [0.1, 0.15) is 26.2 Å². The van der Waals surface area contributed by atoms with E-state index < -0.39 is 0 Å². The first-order valence-electron chi connectivity index (χ1n) is 8.07. The second-order valence-corrected chi connectivity index (χ2v) is 6.29. The molecule has 0 bridgehead atoms. The molecule has 1 amide bonds. The van der Waals surface area contributed by atoms with E-state index in [0.29, 0.717) is 30.1 Å². The fourth-order valence-corrected chi connectivity index (χ4v) is 2.99. The fourth-order valence-electron chi connectivity index (χ4n) is 2.99. The number of rotatable bonds is 5. The van der Waals surface area contributed by atoms with Gasteiger partial charge in [0.2, 0.25) is 17.7 Å². The van der Waals surface area contributed by atoms with Crippen molar-refractivity contribution in [1.29, 1.82) is 0 Å². The van der Waals surface area contributed by atoms with Crippen LogP contribution < -0.4 is 9.64 Å². The zero-order valence-electron chi connectivity index (χ0n) is 13.4. The third kappa shape index (κ3) is 3.48. The first-order chi connectivity index (χ1) is 10.7. The summed E-state index contributed by atoms with van der Waals surface area (Å²) in [5.74, 6) is 2.87. The zero-order valence-corrected chi connectivity index (χ0v) is 13.4. The molecule has 0 spiro atoms. The highest BCUT2D eigenvalue weighted by molar-refractivity contribution is 5.76. The Balaban J connectivity index is 1.52. The molecule has 0 radical (unpaired) electrons. The largest absolute Gasteiger partial charge is 0.481 e. The Morgan fingerprint density at radius 3 is 2.73 bits per heavy atom. The molecule has 2 aliphatic rings. The molecule has 2 fully saturated rings. The van der Waals surface area contributed by atoms with Gasteiger partial charge in [0.1, 0.15) is 0 Å². The van der Waals surface area contributed by atoms with E-state index in [9.17, 15) is 4.79 Å². The number of aromatic nitrogens is 2. The summed E-state index contributed by atoms with van der Waals surface area (Å²) in [6.07, 6.45) is 5.00. The molecule has 6 heteroatoms. The standard InChI is InChI=1S/C16H24N4O2/c1-12(13-3-4-13)11-15(21)19-7-9-20(10-8-19)16-17-6-5-14(18-16)22-2/h5-6,12-13H,3-4,7-11H2,1-2H3. The lowest BCUT2D eigenvalue weighted by molar-refractivity contribution is -0.132. The number of amides is 1. The van der Waals surface area contributed by atoms with Crippen LogP contribution in [0.15, 0.2) is 12.3 Å². The van der Waals surface area contributed by atoms with Crippen molar-refractivity contribution in [3.63, 3.8) is 0 Å². The van der Waals surface area contributed by atoms with Crippen molar-refractivity contribution >= 4 is 11.9 Å². The van der Waals surface area contributed by atoms with Crippen LogP contribution in [0, 0.1) is 11.8 Å². The third-order valence-electron chi connectivity index (χ3n) is 4.67. The molecule has 1 aliphatic heterocycles. The van der Waals surface area contributed by atoms with Crippen LogP contribution >= 0.6 is 0 Å². The number of carbonyl (C=O) groups excluding carboxylic acids is 1. The monoisotopic (exact) mass is 304 g/mol. The Morgan fingerprint density at radius 2 is 2.09 bits per heavy atom. The van der Waals surface area contributed by atoms with Gasteiger partial charge in [-0.15, -0.1) is 0 Å². The van der Waals surface area contributed by atoms with Crippen molar-refractivity contribution in [3.8, 4) is 5.88 Å². The van der Waals surface area contributed by atoms with Gasteiger partial charge in [-0.25, -0.2) is 4.98 Å². The Hall–Kier alpha value is -1.85. The summed E-state index contributed by atoms with van der Waals surface area (Å²) in [5, 5.41) is 0. The number of methoxy groups -OCH3 is 1. The van der Waals surface area contributed by atoms with Crippen molar-refractivity contribution in [2.24, 2.45) is 11.8 Å². The van der Waals surface area contributed by atoms with Crippen molar-refractivity contribution < 1.29 is 9.53 Å². The predicted octanol–water partition coefficient (Wildman–Crippen LogP) is 1.57. The third-order valence-corrected chi connectivity index (χ3v) is 4.67. The molecule has 1 saturated carbocycles. The minimum absolute atomic E-state index is 0.297. The Morgan fingerprint density at radius 1 is 1.36 bits per heavy atom. The number of nitrogens with zero attached hydrogens (tertiary/aromatic N) is 4. The minimum Gasteiger partial charge on any atom is -0.481 e. The van der Waals surface area contributed by atoms with E-state index >= 15 is 0 Å². The van der Waals surface area contributed by atoms with Gasteiger partial charge < -0.3 is 14.5 Å². The first kappa shape index (κ1) is 15.1. The van der Waals surface area contributed by atoms with Crippen molar-refractivity contribution in [3.05, 3.63) is 12.3 Å². The minimum atomic E-state index is 0.297. The molecule has 1 aliphatic carbocycles. The van der Waals surface area contributed by atoms with E-state index in [1.165, 1.54) is 12.8 Å². The molecule has 1 unspecified atom stereocenters. The fraction of sp³-hybridized carbons (Fsp3) is 0.688. The molecule has 120 valence electrons. The van der Waals surface area contributed by atoms with Crippen molar-refractivity contribution in [1.82, 2.24) is 14.9 Å². The molecular weight excluding hydrogens is 280 g/mol. The SMILES string of the molecule is COc1ccnc(N2CCN(C(=O)CC(C)C3CC3)CC2)n1. The summed E-state index contributed by atoms with van der Waals surface area (Å²) in [7, 11) is 1.60. The van der Waals surface area contributed by atoms with Gasteiger partial charge in [0.25, 0.3) is 0 Å². The molecule has 0 N–H and O–H groups in total. The predicted molar refractivity (Wildman–Crippen MR) is 83.9 cm³/mol. The van der Waals surface area contributed by atoms with E-state index in [-0.39, 0.29) is 0 Å². The molecule has 2 heterocycles. The maximum atomic E-state index is 12.3. The second-order valence-electron chi connectivity index (χ2n) is 6.29. The lowest BCUT2D eigenvalue weighted by Crippen LogP contribution is -2.49. The number of hydrogen-bond donors (Lipinski definition) is 0. The van der Waals surface area contributed by atoms with E-state index in [2.05, 4.69) is 21.8 Å². The summed E-state index contributed by atoms with van der Waals surface area (Å²) in [6, 6.07) is 1.74. The molecule has 22 heavy (non-hydrogen) atoms. The molecule has 1 aromatic heterocycles. The van der Waals surface area contributed by atoms with Crippen LogP contribution in [-0.4, -0.2) is 54.1 Å². The van der Waals surface area contributed by atoms with E-state index in [4.69, 9.17) is 4.74 Å². The van der Waals surface area contributed by atoms with E-state index in [1.807, 2.05) is 4.90 Å². The molecule has 0 aromatic carbocycles. The molecule has 1 atom stereocenters. The summed E-state index contributed by atoms with van der Waals surface area (Å²) >= 11 is 0. The van der Waals surface area contributed by atoms with Gasteiger partial charge in [-0.1, -0.05) is 6.92 Å². The van der Waals surface area contributed by atoms with E-state index in [0.717, 1.165) is 32.1 Å². The number of anilines is 1. The Labute approximate surface area is 131 Å². The van der Waals surface area contributed by atoms with Gasteiger partial charge in [-0.05, 0) is 24.7 Å². The molecule has 6 nitrogen and oxygen atoms in total. The van der Waals surface area contributed by atoms with Gasteiger partial charge in [0.05, 0.1) is 7.11 Å². The number of carbonyl (C=O) groups is 1. The van der Waals surface area contributed by atoms with Crippen LogP contribution in [0.2, 0.25) is 0 Å². The number of ether oxygens (including phenoxy) is 1. The summed E-state index contributed by atoms with van der Waals surface area (Å²) in [4.78, 5) is 25.1. The summed E-state index contributed by atoms with van der Waals surface area (Å²) < 4.78 is 5.13. The van der Waals surface area contributed by atoms with Gasteiger partial charge in [0, 0.05) is 44.9 Å². The Bertz CT molecular complexity index is 525. The van der Waals surface area contributed by atoms with Crippen LogP contribution in [0.3, 0.4) is 0 Å². The highest BCUT2D eigenvalue weighted by Gasteiger charge is 2.31. The van der Waals surface area contributed by atoms with Gasteiger partial charge in [-0.3, -0.25) is 4.79 Å². The average Bonchev–Trinajstić information content (AvgIpc) is 3.40. The highest BCUT2D eigenvalue weighted by Crippen LogP contribution is 2.38. The number of piperazine rings is 1. The lowest BCUT2D eigenvalue weighted by Gasteiger charge is -2.35. The average molecular weight is 304 g/mol. The van der Waals surface area contributed by atoms with Gasteiger partial charge >= 0.3 is 0 Å². The van der Waals surface area contributed by atoms with Crippen molar-refractivity contribution in [2.75, 3.05) is 38.2 Å². The smallest absolute Gasteiger partial charge is 0.228 e. The van der Waals surface area contributed by atoms with Gasteiger partial charge in [0.15, 0.2) is 0 Å². The summed E-state index contributed by atoms with van der Waals surface area (Å²) in [6.45, 7) is 5.25. The van der Waals surface area contributed by atoms with E-state index in [1.54, 1.807) is 19.4 Å². The normalized spacial score (nSPS) is 19.9. The quantitative estimate of drug-likeness (QED) is 0.826. The first-order valence-corrected chi connectivity index (χ1v) is 8.07. The van der Waals surface area contributed by atoms with Crippen LogP contribution in [-0.2, 0) is 4.79 Å². The highest BCUT2D eigenvalue weighted by atomic mass is 16.5. The van der Waals surface area contributed by atoms with Crippen LogP contribution in [0.5, 0.6) is 5.88 Å². The second kappa shape index (κ2) is 6.50. The molecule has 3 rings (SSSR count). The molecule has 1 aromatic rings. The topological polar surface area (TPSA) is 58.6 Å². The molecule has 1 saturated heterocycles. The maximum absolute atomic E-state index is 12.3. The maximum Gasteiger partial charge on any atom is 0.228 e. The van der Waals surface area contributed by atoms with Crippen molar-refractivity contribution in [2.45, 2.75) is 26.2 Å². The van der Waals surface area contributed by atoms with Crippen LogP contribution in [0.4, 0.5) is 5.95 Å². The number of hydrogen-bond acceptors (Lipinski definition) is 5. The zero-order chi connectivity index (χ0) is 15.5. The summed E-state index contributed by atoms with van der Waals surface area (Å²) in [5.41, 5.74) is 0.